The first-order chi connectivity index (χ1) is 12.5. The minimum Gasteiger partial charge on any atom is -0.487 e. The van der Waals surface area contributed by atoms with Gasteiger partial charge in [0.2, 0.25) is 11.8 Å². The third-order valence-corrected chi connectivity index (χ3v) is 5.96. The van der Waals surface area contributed by atoms with Gasteiger partial charge in [0.25, 0.3) is 0 Å². The van der Waals surface area contributed by atoms with E-state index < -0.39 is 0 Å². The van der Waals surface area contributed by atoms with E-state index in [9.17, 15) is 9.59 Å². The van der Waals surface area contributed by atoms with Crippen molar-refractivity contribution < 1.29 is 14.3 Å². The quantitative estimate of drug-likeness (QED) is 0.830. The lowest BCUT2D eigenvalue weighted by atomic mass is 9.76. The average molecular weight is 358 g/mol. The van der Waals surface area contributed by atoms with Crippen LogP contribution in [0.3, 0.4) is 0 Å². The molecule has 3 rings (SSSR count). The van der Waals surface area contributed by atoms with E-state index in [0.29, 0.717) is 6.42 Å². The largest absolute Gasteiger partial charge is 0.487 e. The Bertz CT molecular complexity index is 661. The summed E-state index contributed by atoms with van der Waals surface area (Å²) in [6.45, 7) is 8.64. The molecule has 0 radical (unpaired) electrons. The number of para-hydroxylation sites is 1. The Hall–Kier alpha value is -2.04. The molecule has 1 atom stereocenters. The summed E-state index contributed by atoms with van der Waals surface area (Å²) in [5.74, 6) is 1.43. The zero-order valence-corrected chi connectivity index (χ0v) is 16.2. The summed E-state index contributed by atoms with van der Waals surface area (Å²) in [6, 6.07) is 8.12. The van der Waals surface area contributed by atoms with Gasteiger partial charge in [-0.25, -0.2) is 0 Å². The van der Waals surface area contributed by atoms with Crippen LogP contribution in [0.1, 0.15) is 57.9 Å². The summed E-state index contributed by atoms with van der Waals surface area (Å²) in [4.78, 5) is 28.2. The molecular formula is C21H30N2O3. The Labute approximate surface area is 156 Å². The van der Waals surface area contributed by atoms with E-state index in [4.69, 9.17) is 4.74 Å². The van der Waals surface area contributed by atoms with E-state index in [0.717, 1.165) is 56.8 Å². The van der Waals surface area contributed by atoms with Gasteiger partial charge in [-0.3, -0.25) is 9.59 Å². The molecule has 0 aromatic heterocycles. The number of carbonyl (C=O) groups is 2. The first kappa shape index (κ1) is 18.7. The summed E-state index contributed by atoms with van der Waals surface area (Å²) < 4.78 is 6.45. The highest BCUT2D eigenvalue weighted by molar-refractivity contribution is 5.77. The normalized spacial score (nSPS) is 21.0. The Kier molecular flexibility index (Phi) is 5.54. The molecule has 2 heterocycles. The lowest BCUT2D eigenvalue weighted by molar-refractivity contribution is -0.133. The van der Waals surface area contributed by atoms with Gasteiger partial charge in [0.15, 0.2) is 0 Å². The SMILES string of the molecule is CCN(CC)C(=O)CC1CC2(CCN(C(C)=O)CC2)Oc2ccccc21. The Balaban J connectivity index is 1.81. The Morgan fingerprint density at radius 2 is 1.85 bits per heavy atom. The number of piperidine rings is 1. The van der Waals surface area contributed by atoms with Crippen LogP contribution in [-0.2, 0) is 9.59 Å². The molecule has 1 aromatic carbocycles. The average Bonchev–Trinajstić information content (AvgIpc) is 2.63. The van der Waals surface area contributed by atoms with E-state index in [1.165, 1.54) is 0 Å². The van der Waals surface area contributed by atoms with Crippen LogP contribution in [0.15, 0.2) is 24.3 Å². The van der Waals surface area contributed by atoms with E-state index in [1.54, 1.807) is 6.92 Å². The van der Waals surface area contributed by atoms with Crippen molar-refractivity contribution in [2.45, 2.75) is 58.0 Å². The van der Waals surface area contributed by atoms with E-state index >= 15 is 0 Å². The van der Waals surface area contributed by atoms with Crippen molar-refractivity contribution in [1.29, 1.82) is 0 Å². The van der Waals surface area contributed by atoms with E-state index in [2.05, 4.69) is 6.07 Å². The van der Waals surface area contributed by atoms with Gasteiger partial charge < -0.3 is 14.5 Å². The van der Waals surface area contributed by atoms with Crippen molar-refractivity contribution in [3.63, 3.8) is 0 Å². The molecule has 1 saturated heterocycles. The fourth-order valence-electron chi connectivity index (χ4n) is 4.38. The maximum Gasteiger partial charge on any atom is 0.223 e. The maximum atomic E-state index is 12.7. The molecule has 1 aromatic rings. The number of ether oxygens (including phenoxy) is 1. The molecule has 26 heavy (non-hydrogen) atoms. The van der Waals surface area contributed by atoms with Gasteiger partial charge >= 0.3 is 0 Å². The number of rotatable bonds is 4. The summed E-state index contributed by atoms with van der Waals surface area (Å²) in [5, 5.41) is 0. The van der Waals surface area contributed by atoms with Crippen LogP contribution >= 0.6 is 0 Å². The number of nitrogens with zero attached hydrogens (tertiary/aromatic N) is 2. The van der Waals surface area contributed by atoms with Gasteiger partial charge in [-0.2, -0.15) is 0 Å². The molecule has 5 heteroatoms. The van der Waals surface area contributed by atoms with Crippen molar-refractivity contribution in [2.75, 3.05) is 26.2 Å². The second kappa shape index (κ2) is 7.68. The monoisotopic (exact) mass is 358 g/mol. The second-order valence-corrected chi connectivity index (χ2v) is 7.50. The van der Waals surface area contributed by atoms with Crippen LogP contribution in [0, 0.1) is 0 Å². The van der Waals surface area contributed by atoms with E-state index in [-0.39, 0.29) is 23.3 Å². The van der Waals surface area contributed by atoms with Crippen LogP contribution in [-0.4, -0.2) is 53.4 Å². The highest BCUT2D eigenvalue weighted by Gasteiger charge is 2.44. The molecule has 0 N–H and O–H groups in total. The summed E-state index contributed by atoms with van der Waals surface area (Å²) in [5.41, 5.74) is 0.891. The van der Waals surface area contributed by atoms with Gasteiger partial charge in [-0.15, -0.1) is 0 Å². The number of likely N-dealkylation sites (tertiary alicyclic amines) is 1. The summed E-state index contributed by atoms with van der Waals surface area (Å²) in [7, 11) is 0. The molecule has 1 spiro atoms. The molecule has 2 aliphatic heterocycles. The number of hydrogen-bond acceptors (Lipinski definition) is 3. The van der Waals surface area contributed by atoms with Gasteiger partial charge in [0.1, 0.15) is 11.4 Å². The topological polar surface area (TPSA) is 49.9 Å². The molecule has 2 amide bonds. The molecular weight excluding hydrogens is 328 g/mol. The molecule has 142 valence electrons. The van der Waals surface area contributed by atoms with Crippen molar-refractivity contribution in [2.24, 2.45) is 0 Å². The highest BCUT2D eigenvalue weighted by Crippen LogP contribution is 2.46. The van der Waals surface area contributed by atoms with Gasteiger partial charge in [-0.1, -0.05) is 18.2 Å². The van der Waals surface area contributed by atoms with E-state index in [1.807, 2.05) is 41.8 Å². The lowest BCUT2D eigenvalue weighted by Crippen LogP contribution is -2.51. The molecule has 1 unspecified atom stereocenters. The maximum absolute atomic E-state index is 12.7. The zero-order valence-electron chi connectivity index (χ0n) is 16.2. The number of carbonyl (C=O) groups excluding carboxylic acids is 2. The van der Waals surface area contributed by atoms with Crippen molar-refractivity contribution >= 4 is 11.8 Å². The van der Waals surface area contributed by atoms with Gasteiger partial charge in [-0.05, 0) is 31.9 Å². The smallest absolute Gasteiger partial charge is 0.223 e. The standard InChI is InChI=1S/C21H30N2O3/c1-4-22(5-2)20(25)14-17-15-21(10-12-23(13-11-21)16(3)24)26-19-9-7-6-8-18(17)19/h6-9,17H,4-5,10-15H2,1-3H3. The minimum atomic E-state index is -0.255. The van der Waals surface area contributed by atoms with Crippen LogP contribution < -0.4 is 4.74 Å². The van der Waals surface area contributed by atoms with Crippen molar-refractivity contribution in [3.05, 3.63) is 29.8 Å². The molecule has 0 bridgehead atoms. The number of amides is 2. The van der Waals surface area contributed by atoms with Crippen LogP contribution in [0.25, 0.3) is 0 Å². The zero-order chi connectivity index (χ0) is 18.7. The number of hydrogen-bond donors (Lipinski definition) is 0. The molecule has 2 aliphatic rings. The van der Waals surface area contributed by atoms with Gasteiger partial charge in [0, 0.05) is 58.3 Å². The Morgan fingerprint density at radius 3 is 2.46 bits per heavy atom. The third-order valence-electron chi connectivity index (χ3n) is 5.96. The molecule has 0 saturated carbocycles. The molecule has 1 fully saturated rings. The van der Waals surface area contributed by atoms with Crippen molar-refractivity contribution in [3.8, 4) is 5.75 Å². The predicted molar refractivity (Wildman–Crippen MR) is 101 cm³/mol. The number of benzene rings is 1. The number of fused-ring (bicyclic) bond motifs is 1. The van der Waals surface area contributed by atoms with Crippen molar-refractivity contribution in [1.82, 2.24) is 9.80 Å². The molecule has 5 nitrogen and oxygen atoms in total. The highest BCUT2D eigenvalue weighted by atomic mass is 16.5. The lowest BCUT2D eigenvalue weighted by Gasteiger charge is -2.47. The van der Waals surface area contributed by atoms with Crippen LogP contribution in [0.2, 0.25) is 0 Å². The Morgan fingerprint density at radius 1 is 1.19 bits per heavy atom. The minimum absolute atomic E-state index is 0.129. The first-order valence-electron chi connectivity index (χ1n) is 9.79. The second-order valence-electron chi connectivity index (χ2n) is 7.50. The summed E-state index contributed by atoms with van der Waals surface area (Å²) in [6.07, 6.45) is 3.04. The third kappa shape index (κ3) is 3.71. The van der Waals surface area contributed by atoms with Crippen LogP contribution in [0.4, 0.5) is 0 Å². The fraction of sp³-hybridized carbons (Fsp3) is 0.619. The van der Waals surface area contributed by atoms with Crippen LogP contribution in [0.5, 0.6) is 5.75 Å². The van der Waals surface area contributed by atoms with Gasteiger partial charge in [0.05, 0.1) is 0 Å². The predicted octanol–water partition coefficient (Wildman–Crippen LogP) is 3.19. The first-order valence-corrected chi connectivity index (χ1v) is 9.79. The summed E-state index contributed by atoms with van der Waals surface area (Å²) >= 11 is 0. The molecule has 0 aliphatic carbocycles. The fourth-order valence-corrected chi connectivity index (χ4v) is 4.38.